The van der Waals surface area contributed by atoms with E-state index in [1.165, 1.54) is 0 Å². The molecule has 4 heteroatoms. The number of unbranched alkanes of at least 4 members (excludes halogenated alkanes) is 3. The number of aliphatic carboxylic acids is 2. The zero-order valence-corrected chi connectivity index (χ0v) is 11.5. The van der Waals surface area contributed by atoms with Gasteiger partial charge in [0.1, 0.15) is 0 Å². The van der Waals surface area contributed by atoms with E-state index in [2.05, 4.69) is 19.1 Å². The first-order chi connectivity index (χ1) is 9.07. The van der Waals surface area contributed by atoms with Gasteiger partial charge in [0.25, 0.3) is 0 Å². The highest BCUT2D eigenvalue weighted by atomic mass is 16.4. The fraction of sp³-hybridized carbons (Fsp3) is 0.600. The molecule has 0 aliphatic heterocycles. The summed E-state index contributed by atoms with van der Waals surface area (Å²) < 4.78 is 0. The third-order valence-corrected chi connectivity index (χ3v) is 2.72. The van der Waals surface area contributed by atoms with Crippen molar-refractivity contribution in [2.75, 3.05) is 0 Å². The first kappa shape index (κ1) is 17.4. The summed E-state index contributed by atoms with van der Waals surface area (Å²) in [6, 6.07) is 0. The van der Waals surface area contributed by atoms with Crippen LogP contribution in [0.25, 0.3) is 0 Å². The van der Waals surface area contributed by atoms with Crippen molar-refractivity contribution in [2.45, 2.75) is 51.9 Å². The van der Waals surface area contributed by atoms with Gasteiger partial charge >= 0.3 is 11.9 Å². The molecule has 4 nitrogen and oxygen atoms in total. The van der Waals surface area contributed by atoms with Crippen LogP contribution >= 0.6 is 0 Å². The van der Waals surface area contributed by atoms with Crippen LogP contribution in [-0.4, -0.2) is 22.2 Å². The summed E-state index contributed by atoms with van der Waals surface area (Å²) in [5.41, 5.74) is 0. The molecule has 1 unspecified atom stereocenters. The van der Waals surface area contributed by atoms with Gasteiger partial charge in [-0.15, -0.1) is 0 Å². The Hall–Kier alpha value is -1.58. The first-order valence-corrected chi connectivity index (χ1v) is 6.82. The normalized spacial score (nSPS) is 13.1. The maximum atomic E-state index is 10.8. The van der Waals surface area contributed by atoms with E-state index in [4.69, 9.17) is 10.2 Å². The first-order valence-electron chi connectivity index (χ1n) is 6.82. The molecule has 0 heterocycles. The van der Waals surface area contributed by atoms with E-state index in [1.807, 2.05) is 6.08 Å². The number of carbonyl (C=O) groups is 2. The van der Waals surface area contributed by atoms with Gasteiger partial charge in [-0.25, -0.2) is 0 Å². The van der Waals surface area contributed by atoms with Crippen molar-refractivity contribution in [1.82, 2.24) is 0 Å². The molecule has 0 aliphatic carbocycles. The average molecular weight is 268 g/mol. The van der Waals surface area contributed by atoms with Gasteiger partial charge in [-0.3, -0.25) is 9.59 Å². The van der Waals surface area contributed by atoms with Crippen LogP contribution in [0.1, 0.15) is 51.9 Å². The van der Waals surface area contributed by atoms with Crippen LogP contribution in [0.2, 0.25) is 0 Å². The molecule has 0 aromatic heterocycles. The second-order valence-electron chi connectivity index (χ2n) is 4.53. The van der Waals surface area contributed by atoms with Gasteiger partial charge in [0, 0.05) is 0 Å². The lowest BCUT2D eigenvalue weighted by Crippen LogP contribution is -2.16. The number of carboxylic acids is 2. The number of carboxylic acid groups (broad SMARTS) is 2. The molecule has 0 rings (SSSR count). The molecular weight excluding hydrogens is 244 g/mol. The van der Waals surface area contributed by atoms with E-state index >= 15 is 0 Å². The third-order valence-electron chi connectivity index (χ3n) is 2.72. The van der Waals surface area contributed by atoms with Crippen molar-refractivity contribution in [2.24, 2.45) is 5.92 Å². The summed E-state index contributed by atoms with van der Waals surface area (Å²) in [5.74, 6) is -2.94. The summed E-state index contributed by atoms with van der Waals surface area (Å²) in [6.45, 7) is 2.14. The molecule has 0 spiro atoms. The third kappa shape index (κ3) is 11.3. The Morgan fingerprint density at radius 2 is 1.58 bits per heavy atom. The van der Waals surface area contributed by atoms with Crippen molar-refractivity contribution in [3.8, 4) is 0 Å². The van der Waals surface area contributed by atoms with Crippen LogP contribution in [-0.2, 0) is 9.59 Å². The zero-order valence-electron chi connectivity index (χ0n) is 11.5. The number of hydrogen-bond acceptors (Lipinski definition) is 2. The SMILES string of the molecule is CCC/C=C/CCC/C=C/CC(CC(=O)O)C(=O)O. The Balaban J connectivity index is 3.75. The lowest BCUT2D eigenvalue weighted by molar-refractivity contribution is -0.148. The van der Waals surface area contributed by atoms with E-state index in [0.29, 0.717) is 0 Å². The fourth-order valence-electron chi connectivity index (χ4n) is 1.62. The largest absolute Gasteiger partial charge is 0.481 e. The lowest BCUT2D eigenvalue weighted by Gasteiger charge is -2.05. The predicted molar refractivity (Wildman–Crippen MR) is 75.0 cm³/mol. The van der Waals surface area contributed by atoms with Crippen LogP contribution in [0.3, 0.4) is 0 Å². The Morgan fingerprint density at radius 3 is 2.11 bits per heavy atom. The second kappa shape index (κ2) is 11.5. The topological polar surface area (TPSA) is 74.6 Å². The molecule has 2 N–H and O–H groups in total. The van der Waals surface area contributed by atoms with Crippen molar-refractivity contribution in [3.05, 3.63) is 24.3 Å². The highest BCUT2D eigenvalue weighted by molar-refractivity contribution is 5.77. The van der Waals surface area contributed by atoms with Gasteiger partial charge in [0.15, 0.2) is 0 Å². The smallest absolute Gasteiger partial charge is 0.307 e. The van der Waals surface area contributed by atoms with Crippen molar-refractivity contribution >= 4 is 11.9 Å². The minimum atomic E-state index is -1.07. The van der Waals surface area contributed by atoms with Crippen LogP contribution < -0.4 is 0 Å². The molecule has 0 bridgehead atoms. The van der Waals surface area contributed by atoms with Gasteiger partial charge in [-0.05, 0) is 32.1 Å². The maximum Gasteiger partial charge on any atom is 0.307 e. The minimum absolute atomic E-state index is 0.285. The summed E-state index contributed by atoms with van der Waals surface area (Å²) in [5, 5.41) is 17.4. The lowest BCUT2D eigenvalue weighted by atomic mass is 10.0. The Labute approximate surface area is 114 Å². The summed E-state index contributed by atoms with van der Waals surface area (Å²) >= 11 is 0. The van der Waals surface area contributed by atoms with E-state index < -0.39 is 17.9 Å². The molecule has 0 fully saturated rings. The van der Waals surface area contributed by atoms with Gasteiger partial charge in [0.2, 0.25) is 0 Å². The Kier molecular flexibility index (Phi) is 10.6. The van der Waals surface area contributed by atoms with Crippen molar-refractivity contribution in [1.29, 1.82) is 0 Å². The summed E-state index contributed by atoms with van der Waals surface area (Å²) in [4.78, 5) is 21.3. The number of rotatable bonds is 11. The van der Waals surface area contributed by atoms with Crippen LogP contribution in [0.5, 0.6) is 0 Å². The number of allylic oxidation sites excluding steroid dienone is 4. The Bertz CT molecular complexity index is 318. The molecule has 0 aliphatic rings. The predicted octanol–water partition coefficient (Wildman–Crippen LogP) is 3.63. The fourth-order valence-corrected chi connectivity index (χ4v) is 1.62. The second-order valence-corrected chi connectivity index (χ2v) is 4.53. The molecular formula is C15H24O4. The van der Waals surface area contributed by atoms with Crippen molar-refractivity contribution < 1.29 is 19.8 Å². The molecule has 0 amide bonds. The van der Waals surface area contributed by atoms with Crippen LogP contribution in [0.15, 0.2) is 24.3 Å². The highest BCUT2D eigenvalue weighted by Crippen LogP contribution is 2.10. The molecule has 19 heavy (non-hydrogen) atoms. The summed E-state index contributed by atoms with van der Waals surface area (Å²) in [6.07, 6.45) is 13.3. The quantitative estimate of drug-likeness (QED) is 0.443. The van der Waals surface area contributed by atoms with Crippen LogP contribution in [0, 0.1) is 5.92 Å². The van der Waals surface area contributed by atoms with Gasteiger partial charge in [0.05, 0.1) is 12.3 Å². The summed E-state index contributed by atoms with van der Waals surface area (Å²) in [7, 11) is 0. The molecule has 0 aromatic rings. The minimum Gasteiger partial charge on any atom is -0.481 e. The molecule has 0 saturated carbocycles. The average Bonchev–Trinajstić information content (AvgIpc) is 2.34. The van der Waals surface area contributed by atoms with E-state index in [1.54, 1.807) is 6.08 Å². The van der Waals surface area contributed by atoms with Crippen molar-refractivity contribution in [3.63, 3.8) is 0 Å². The molecule has 108 valence electrons. The van der Waals surface area contributed by atoms with E-state index in [9.17, 15) is 9.59 Å². The molecule has 0 radical (unpaired) electrons. The monoisotopic (exact) mass is 268 g/mol. The highest BCUT2D eigenvalue weighted by Gasteiger charge is 2.18. The van der Waals surface area contributed by atoms with E-state index in [0.717, 1.165) is 32.1 Å². The van der Waals surface area contributed by atoms with Crippen LogP contribution in [0.4, 0.5) is 0 Å². The Morgan fingerprint density at radius 1 is 1.00 bits per heavy atom. The standard InChI is InChI=1S/C15H24O4/c1-2-3-4-5-6-7-8-9-10-11-13(15(18)19)12-14(16)17/h4-5,9-10,13H,2-3,6-8,11-12H2,1H3,(H,16,17)(H,18,19)/b5-4+,10-9+. The molecule has 0 aromatic carbocycles. The maximum absolute atomic E-state index is 10.8. The molecule has 0 saturated heterocycles. The van der Waals surface area contributed by atoms with E-state index in [-0.39, 0.29) is 12.8 Å². The van der Waals surface area contributed by atoms with Gasteiger partial charge in [-0.1, -0.05) is 37.6 Å². The number of hydrogen-bond donors (Lipinski definition) is 2. The molecule has 1 atom stereocenters. The zero-order chi connectivity index (χ0) is 14.5. The van der Waals surface area contributed by atoms with Gasteiger partial charge in [-0.2, -0.15) is 0 Å². The van der Waals surface area contributed by atoms with Gasteiger partial charge < -0.3 is 10.2 Å².